The van der Waals surface area contributed by atoms with E-state index in [4.69, 9.17) is 5.21 Å². The van der Waals surface area contributed by atoms with Gasteiger partial charge in [0.05, 0.1) is 5.71 Å². The van der Waals surface area contributed by atoms with E-state index in [1.54, 1.807) is 6.92 Å². The van der Waals surface area contributed by atoms with Crippen LogP contribution in [-0.4, -0.2) is 16.8 Å². The maximum atomic E-state index is 11.8. The molecule has 1 fully saturated rings. The van der Waals surface area contributed by atoms with E-state index in [-0.39, 0.29) is 11.8 Å². The van der Waals surface area contributed by atoms with Crippen molar-refractivity contribution in [3.05, 3.63) is 29.8 Å². The minimum absolute atomic E-state index is 0.0516. The van der Waals surface area contributed by atoms with Gasteiger partial charge in [0.2, 0.25) is 5.91 Å². The number of oxime groups is 1. The van der Waals surface area contributed by atoms with Crippen LogP contribution < -0.4 is 5.32 Å². The van der Waals surface area contributed by atoms with E-state index in [0.717, 1.165) is 12.0 Å². The van der Waals surface area contributed by atoms with Crippen molar-refractivity contribution < 1.29 is 10.0 Å². The second-order valence-corrected chi connectivity index (χ2v) is 4.54. The van der Waals surface area contributed by atoms with Gasteiger partial charge in [-0.05, 0) is 25.3 Å². The number of amides is 1. The molecule has 0 heterocycles. The lowest BCUT2D eigenvalue weighted by atomic mass is 10.1. The van der Waals surface area contributed by atoms with E-state index in [0.29, 0.717) is 17.3 Å². The Morgan fingerprint density at radius 2 is 2.12 bits per heavy atom. The Hall–Kier alpha value is -1.84. The molecular formula is C13H16N2O2. The first-order chi connectivity index (χ1) is 8.13. The van der Waals surface area contributed by atoms with Gasteiger partial charge in [0.15, 0.2) is 0 Å². The van der Waals surface area contributed by atoms with Crippen LogP contribution in [0.3, 0.4) is 0 Å². The van der Waals surface area contributed by atoms with Crippen molar-refractivity contribution in [2.75, 3.05) is 5.32 Å². The van der Waals surface area contributed by atoms with Gasteiger partial charge >= 0.3 is 0 Å². The molecule has 0 spiro atoms. The molecule has 0 aliphatic heterocycles. The highest BCUT2D eigenvalue weighted by atomic mass is 16.4. The third-order valence-electron chi connectivity index (χ3n) is 3.17. The average molecular weight is 232 g/mol. The molecule has 2 N–H and O–H groups in total. The van der Waals surface area contributed by atoms with Crippen LogP contribution >= 0.6 is 0 Å². The molecule has 0 saturated heterocycles. The summed E-state index contributed by atoms with van der Waals surface area (Å²) in [5.41, 5.74) is 1.94. The average Bonchev–Trinajstić information content (AvgIpc) is 3.06. The topological polar surface area (TPSA) is 61.7 Å². The van der Waals surface area contributed by atoms with Crippen LogP contribution in [0.1, 0.15) is 25.8 Å². The van der Waals surface area contributed by atoms with Gasteiger partial charge in [0.25, 0.3) is 0 Å². The monoisotopic (exact) mass is 232 g/mol. The molecule has 1 aromatic rings. The number of carbonyl (C=O) groups excluding carboxylic acids is 1. The van der Waals surface area contributed by atoms with Gasteiger partial charge in [-0.1, -0.05) is 30.3 Å². The summed E-state index contributed by atoms with van der Waals surface area (Å²) in [7, 11) is 0. The molecule has 90 valence electrons. The normalized spacial score (nSPS) is 23.3. The minimum atomic E-state index is 0.0516. The molecule has 0 bridgehead atoms. The zero-order valence-electron chi connectivity index (χ0n) is 9.97. The Kier molecular flexibility index (Phi) is 3.13. The minimum Gasteiger partial charge on any atom is -0.411 e. The molecular weight excluding hydrogens is 216 g/mol. The molecule has 4 nitrogen and oxygen atoms in total. The standard InChI is InChI=1S/C13H16N2O2/c1-8-7-11(8)13(16)14-12-6-4-3-5-10(12)9(2)15-17/h3-6,8,11,17H,7H2,1-2H3,(H,14,16)/b15-9+. The number of benzene rings is 1. The Balaban J connectivity index is 2.18. The largest absolute Gasteiger partial charge is 0.411 e. The second-order valence-electron chi connectivity index (χ2n) is 4.54. The number of hydrogen-bond acceptors (Lipinski definition) is 3. The zero-order chi connectivity index (χ0) is 12.4. The fourth-order valence-electron chi connectivity index (χ4n) is 1.87. The van der Waals surface area contributed by atoms with E-state index in [1.807, 2.05) is 24.3 Å². The molecule has 1 amide bonds. The number of hydrogen-bond donors (Lipinski definition) is 2. The number of para-hydroxylation sites is 1. The predicted octanol–water partition coefficient (Wildman–Crippen LogP) is 2.48. The maximum absolute atomic E-state index is 11.8. The first-order valence-electron chi connectivity index (χ1n) is 5.72. The lowest BCUT2D eigenvalue weighted by Crippen LogP contribution is -2.16. The Labute approximate surface area is 100 Å². The van der Waals surface area contributed by atoms with Crippen LogP contribution in [0.25, 0.3) is 0 Å². The van der Waals surface area contributed by atoms with Crippen molar-refractivity contribution in [1.29, 1.82) is 0 Å². The van der Waals surface area contributed by atoms with Crippen LogP contribution in [0, 0.1) is 11.8 Å². The Morgan fingerprint density at radius 1 is 1.47 bits per heavy atom. The van der Waals surface area contributed by atoms with Crippen LogP contribution in [0.4, 0.5) is 5.69 Å². The number of anilines is 1. The fraction of sp³-hybridized carbons (Fsp3) is 0.385. The first kappa shape index (κ1) is 11.6. The molecule has 1 aliphatic rings. The molecule has 0 aromatic heterocycles. The van der Waals surface area contributed by atoms with Gasteiger partial charge in [-0.25, -0.2) is 0 Å². The third kappa shape index (κ3) is 2.46. The summed E-state index contributed by atoms with van der Waals surface area (Å²) in [4.78, 5) is 11.8. The van der Waals surface area contributed by atoms with Crippen molar-refractivity contribution in [2.45, 2.75) is 20.3 Å². The summed E-state index contributed by atoms with van der Waals surface area (Å²) in [6.45, 7) is 3.77. The molecule has 17 heavy (non-hydrogen) atoms. The van der Waals surface area contributed by atoms with E-state index in [1.165, 1.54) is 0 Å². The molecule has 1 saturated carbocycles. The molecule has 2 unspecified atom stereocenters. The highest BCUT2D eigenvalue weighted by Crippen LogP contribution is 2.38. The molecule has 1 aliphatic carbocycles. The van der Waals surface area contributed by atoms with Crippen LogP contribution in [0.2, 0.25) is 0 Å². The third-order valence-corrected chi connectivity index (χ3v) is 3.17. The summed E-state index contributed by atoms with van der Waals surface area (Å²) in [6, 6.07) is 7.33. The summed E-state index contributed by atoms with van der Waals surface area (Å²) >= 11 is 0. The van der Waals surface area contributed by atoms with E-state index in [9.17, 15) is 4.79 Å². The Morgan fingerprint density at radius 3 is 2.71 bits per heavy atom. The van der Waals surface area contributed by atoms with Gasteiger partial charge in [0.1, 0.15) is 0 Å². The van der Waals surface area contributed by atoms with E-state index < -0.39 is 0 Å². The van der Waals surface area contributed by atoms with Crippen LogP contribution in [-0.2, 0) is 4.79 Å². The van der Waals surface area contributed by atoms with Gasteiger partial charge in [-0.2, -0.15) is 0 Å². The van der Waals surface area contributed by atoms with Crippen LogP contribution in [0.15, 0.2) is 29.4 Å². The Bertz CT molecular complexity index is 468. The molecule has 4 heteroatoms. The zero-order valence-corrected chi connectivity index (χ0v) is 9.97. The van der Waals surface area contributed by atoms with Gasteiger partial charge in [-0.3, -0.25) is 4.79 Å². The van der Waals surface area contributed by atoms with Gasteiger partial charge in [0, 0.05) is 17.2 Å². The van der Waals surface area contributed by atoms with E-state index >= 15 is 0 Å². The summed E-state index contributed by atoms with van der Waals surface area (Å²) in [6.07, 6.45) is 0.959. The number of nitrogens with one attached hydrogen (secondary N) is 1. The molecule has 0 radical (unpaired) electrons. The predicted molar refractivity (Wildman–Crippen MR) is 66.3 cm³/mol. The SMILES string of the molecule is C/C(=N\O)c1ccccc1NC(=O)C1CC1C. The van der Waals surface area contributed by atoms with Gasteiger partial charge < -0.3 is 10.5 Å². The van der Waals surface area contributed by atoms with Crippen LogP contribution in [0.5, 0.6) is 0 Å². The van der Waals surface area contributed by atoms with Crippen molar-refractivity contribution >= 4 is 17.3 Å². The van der Waals surface area contributed by atoms with Gasteiger partial charge in [-0.15, -0.1) is 0 Å². The highest BCUT2D eigenvalue weighted by Gasteiger charge is 2.39. The first-order valence-corrected chi connectivity index (χ1v) is 5.72. The lowest BCUT2D eigenvalue weighted by Gasteiger charge is -2.09. The summed E-state index contributed by atoms with van der Waals surface area (Å²) in [5.74, 6) is 0.667. The van der Waals surface area contributed by atoms with E-state index in [2.05, 4.69) is 17.4 Å². The lowest BCUT2D eigenvalue weighted by molar-refractivity contribution is -0.117. The summed E-state index contributed by atoms with van der Waals surface area (Å²) < 4.78 is 0. The summed E-state index contributed by atoms with van der Waals surface area (Å²) in [5, 5.41) is 14.8. The maximum Gasteiger partial charge on any atom is 0.227 e. The number of rotatable bonds is 3. The van der Waals surface area contributed by atoms with Crippen molar-refractivity contribution in [3.8, 4) is 0 Å². The van der Waals surface area contributed by atoms with Crippen molar-refractivity contribution in [1.82, 2.24) is 0 Å². The number of carbonyl (C=O) groups is 1. The molecule has 2 rings (SSSR count). The second kappa shape index (κ2) is 4.57. The molecule has 1 aromatic carbocycles. The smallest absolute Gasteiger partial charge is 0.227 e. The highest BCUT2D eigenvalue weighted by molar-refractivity contribution is 6.06. The fourth-order valence-corrected chi connectivity index (χ4v) is 1.87. The molecule has 2 atom stereocenters. The quantitative estimate of drug-likeness (QED) is 0.478. The number of nitrogens with zero attached hydrogens (tertiary/aromatic N) is 1. The van der Waals surface area contributed by atoms with Crippen molar-refractivity contribution in [2.24, 2.45) is 17.0 Å². The van der Waals surface area contributed by atoms with Crippen molar-refractivity contribution in [3.63, 3.8) is 0 Å².